The Kier molecular flexibility index (Phi) is 2.29. The Balaban J connectivity index is 2.04. The van der Waals surface area contributed by atoms with E-state index >= 15 is 0 Å². The lowest BCUT2D eigenvalue weighted by atomic mass is 10.2. The second-order valence-corrected chi connectivity index (χ2v) is 4.64. The molecule has 0 aliphatic heterocycles. The summed E-state index contributed by atoms with van der Waals surface area (Å²) in [4.78, 5) is 0. The van der Waals surface area contributed by atoms with E-state index in [4.69, 9.17) is 0 Å². The maximum Gasteiger partial charge on any atom is 0.270 e. The zero-order valence-electron chi connectivity index (χ0n) is 6.88. The highest BCUT2D eigenvalue weighted by atomic mass is 127. The molecule has 0 atom stereocenters. The first-order chi connectivity index (χ1) is 6.08. The Bertz CT molecular complexity index is 307. The highest BCUT2D eigenvalue weighted by Gasteiger charge is 2.46. The molecule has 1 aliphatic carbocycles. The van der Waals surface area contributed by atoms with Gasteiger partial charge in [0.05, 0.1) is 9.77 Å². The molecule has 0 aromatic carbocycles. The highest BCUT2D eigenvalue weighted by molar-refractivity contribution is 14.1. The minimum atomic E-state index is -2.57. The third-order valence-corrected chi connectivity index (χ3v) is 2.71. The zero-order valence-corrected chi connectivity index (χ0v) is 9.04. The van der Waals surface area contributed by atoms with Gasteiger partial charge in [0.2, 0.25) is 0 Å². The minimum Gasteiger partial charge on any atom is -0.266 e. The molecule has 0 unspecified atom stereocenters. The van der Waals surface area contributed by atoms with Crippen LogP contribution in [0.15, 0.2) is 12.4 Å². The van der Waals surface area contributed by atoms with Gasteiger partial charge in [-0.25, -0.2) is 8.78 Å². The van der Waals surface area contributed by atoms with Gasteiger partial charge >= 0.3 is 0 Å². The van der Waals surface area contributed by atoms with Gasteiger partial charge in [0.15, 0.2) is 0 Å². The van der Waals surface area contributed by atoms with E-state index in [0.29, 0.717) is 12.8 Å². The summed E-state index contributed by atoms with van der Waals surface area (Å²) in [5.74, 6) is -2.98. The summed E-state index contributed by atoms with van der Waals surface area (Å²) >= 11 is 2.06. The third kappa shape index (κ3) is 2.18. The monoisotopic (exact) mass is 298 g/mol. The Morgan fingerprint density at radius 1 is 1.62 bits per heavy atom. The van der Waals surface area contributed by atoms with Crippen LogP contribution in [0.4, 0.5) is 8.78 Å². The fourth-order valence-corrected chi connectivity index (χ4v) is 1.72. The van der Waals surface area contributed by atoms with Gasteiger partial charge in [-0.15, -0.1) is 0 Å². The van der Waals surface area contributed by atoms with Crippen LogP contribution in [0, 0.1) is 9.49 Å². The Morgan fingerprint density at radius 2 is 2.31 bits per heavy atom. The first kappa shape index (κ1) is 9.36. The Hall–Kier alpha value is -0.200. The van der Waals surface area contributed by atoms with E-state index in [1.165, 1.54) is 4.68 Å². The molecular formula is C8H9F2IN2. The van der Waals surface area contributed by atoms with Gasteiger partial charge < -0.3 is 0 Å². The van der Waals surface area contributed by atoms with E-state index in [2.05, 4.69) is 27.7 Å². The first-order valence-electron chi connectivity index (χ1n) is 4.14. The van der Waals surface area contributed by atoms with E-state index in [9.17, 15) is 8.78 Å². The number of alkyl halides is 2. The van der Waals surface area contributed by atoms with Crippen LogP contribution in [0.25, 0.3) is 0 Å². The van der Waals surface area contributed by atoms with Crippen molar-refractivity contribution >= 4 is 22.6 Å². The molecule has 5 heteroatoms. The summed E-state index contributed by atoms with van der Waals surface area (Å²) in [6.45, 7) is -0.277. The van der Waals surface area contributed by atoms with Gasteiger partial charge in [0, 0.05) is 12.1 Å². The minimum absolute atomic E-state index is 0.277. The normalized spacial score (nSPS) is 17.8. The lowest BCUT2D eigenvalue weighted by molar-refractivity contribution is -0.0414. The number of hydrogen-bond donors (Lipinski definition) is 0. The van der Waals surface area contributed by atoms with Crippen molar-refractivity contribution in [2.45, 2.75) is 25.3 Å². The van der Waals surface area contributed by atoms with Crippen molar-refractivity contribution in [3.8, 4) is 0 Å². The average Bonchev–Trinajstić information content (AvgIpc) is 2.78. The summed E-state index contributed by atoms with van der Waals surface area (Å²) in [5, 5.41) is 3.84. The molecule has 1 aromatic heterocycles. The SMILES string of the molecule is FC(F)(Cn1cc(I)cn1)C1CC1. The highest BCUT2D eigenvalue weighted by Crippen LogP contribution is 2.44. The Morgan fingerprint density at radius 3 is 2.77 bits per heavy atom. The maximum atomic E-state index is 13.2. The van der Waals surface area contributed by atoms with E-state index in [1.807, 2.05) is 0 Å². The molecule has 1 fully saturated rings. The topological polar surface area (TPSA) is 17.8 Å². The van der Waals surface area contributed by atoms with Gasteiger partial charge in [-0.3, -0.25) is 4.68 Å². The predicted octanol–water partition coefficient (Wildman–Crippen LogP) is 2.53. The van der Waals surface area contributed by atoms with Crippen LogP contribution in [-0.2, 0) is 6.54 Å². The molecule has 2 rings (SSSR count). The van der Waals surface area contributed by atoms with Crippen LogP contribution in [0.1, 0.15) is 12.8 Å². The second-order valence-electron chi connectivity index (χ2n) is 3.39. The zero-order chi connectivity index (χ0) is 9.47. The smallest absolute Gasteiger partial charge is 0.266 e. The molecule has 0 saturated heterocycles. The summed E-state index contributed by atoms with van der Waals surface area (Å²) in [6.07, 6.45) is 4.54. The van der Waals surface area contributed by atoms with Gasteiger partial charge in [0.25, 0.3) is 5.92 Å². The van der Waals surface area contributed by atoms with Crippen molar-refractivity contribution in [1.82, 2.24) is 9.78 Å². The summed E-state index contributed by atoms with van der Waals surface area (Å²) in [6, 6.07) is 0. The first-order valence-corrected chi connectivity index (χ1v) is 5.21. The lowest BCUT2D eigenvalue weighted by Crippen LogP contribution is -2.26. The number of hydrogen-bond acceptors (Lipinski definition) is 1. The largest absolute Gasteiger partial charge is 0.270 e. The Labute approximate surface area is 88.5 Å². The summed E-state index contributed by atoms with van der Waals surface area (Å²) in [5.41, 5.74) is 0. The molecule has 0 spiro atoms. The molecule has 1 aromatic rings. The predicted molar refractivity (Wildman–Crippen MR) is 52.6 cm³/mol. The standard InChI is InChI=1S/C8H9F2IN2/c9-8(10,6-1-2-6)5-13-4-7(11)3-12-13/h3-4,6H,1-2,5H2. The maximum absolute atomic E-state index is 13.2. The quantitative estimate of drug-likeness (QED) is 0.784. The molecule has 1 aliphatic rings. The van der Waals surface area contributed by atoms with Crippen molar-refractivity contribution in [3.05, 3.63) is 16.0 Å². The van der Waals surface area contributed by atoms with Gasteiger partial charge in [-0.2, -0.15) is 5.10 Å². The molecule has 13 heavy (non-hydrogen) atoms. The van der Waals surface area contributed by atoms with E-state index < -0.39 is 11.8 Å². The van der Waals surface area contributed by atoms with Gasteiger partial charge in [-0.05, 0) is 35.4 Å². The fraction of sp³-hybridized carbons (Fsp3) is 0.625. The van der Waals surface area contributed by atoms with Crippen molar-refractivity contribution in [1.29, 1.82) is 0 Å². The van der Waals surface area contributed by atoms with Gasteiger partial charge in [-0.1, -0.05) is 0 Å². The van der Waals surface area contributed by atoms with Crippen LogP contribution >= 0.6 is 22.6 Å². The van der Waals surface area contributed by atoms with Crippen LogP contribution in [0.3, 0.4) is 0 Å². The van der Waals surface area contributed by atoms with Gasteiger partial charge in [0.1, 0.15) is 6.54 Å². The number of halogens is 3. The van der Waals surface area contributed by atoms with Crippen molar-refractivity contribution in [3.63, 3.8) is 0 Å². The molecule has 0 bridgehead atoms. The molecular weight excluding hydrogens is 289 g/mol. The lowest BCUT2D eigenvalue weighted by Gasteiger charge is -2.14. The summed E-state index contributed by atoms with van der Waals surface area (Å²) < 4.78 is 28.7. The fourth-order valence-electron chi connectivity index (χ4n) is 1.28. The molecule has 0 radical (unpaired) electrons. The molecule has 2 nitrogen and oxygen atoms in total. The molecule has 1 heterocycles. The molecule has 1 saturated carbocycles. The van der Waals surface area contributed by atoms with Crippen LogP contribution in [-0.4, -0.2) is 15.7 Å². The van der Waals surface area contributed by atoms with Crippen molar-refractivity contribution in [2.24, 2.45) is 5.92 Å². The van der Waals surface area contributed by atoms with E-state index in [0.717, 1.165) is 3.57 Å². The summed E-state index contributed by atoms with van der Waals surface area (Å²) in [7, 11) is 0. The molecule has 0 amide bonds. The number of nitrogens with zero attached hydrogens (tertiary/aromatic N) is 2. The van der Waals surface area contributed by atoms with Crippen LogP contribution in [0.2, 0.25) is 0 Å². The average molecular weight is 298 g/mol. The van der Waals surface area contributed by atoms with Crippen LogP contribution in [0.5, 0.6) is 0 Å². The molecule has 0 N–H and O–H groups in total. The van der Waals surface area contributed by atoms with E-state index in [1.54, 1.807) is 12.4 Å². The van der Waals surface area contributed by atoms with Crippen molar-refractivity contribution in [2.75, 3.05) is 0 Å². The second kappa shape index (κ2) is 3.18. The number of rotatable bonds is 3. The van der Waals surface area contributed by atoms with Crippen LogP contribution < -0.4 is 0 Å². The third-order valence-electron chi connectivity index (χ3n) is 2.15. The number of aromatic nitrogens is 2. The van der Waals surface area contributed by atoms with Crippen molar-refractivity contribution < 1.29 is 8.78 Å². The molecule has 72 valence electrons. The van der Waals surface area contributed by atoms with E-state index in [-0.39, 0.29) is 6.54 Å².